The summed E-state index contributed by atoms with van der Waals surface area (Å²) in [5.41, 5.74) is -0.0307. The number of hydrogen-bond donors (Lipinski definition) is 0. The monoisotopic (exact) mass is 154 g/mol. The Labute approximate surface area is 62.8 Å². The number of azo groups is 1. The van der Waals surface area contributed by atoms with Crippen LogP contribution in [0.2, 0.25) is 0 Å². The van der Waals surface area contributed by atoms with Crippen LogP contribution in [0.25, 0.3) is 0 Å². The molecule has 0 radical (unpaired) electrons. The maximum Gasteiger partial charge on any atom is 0.359 e. The lowest BCUT2D eigenvalue weighted by Gasteiger charge is -1.95. The molecule has 0 N–H and O–H groups in total. The van der Waals surface area contributed by atoms with E-state index in [-0.39, 0.29) is 12.3 Å². The molecule has 0 aromatic heterocycles. The van der Waals surface area contributed by atoms with Crippen molar-refractivity contribution in [1.29, 1.82) is 0 Å². The Morgan fingerprint density at radius 2 is 2.36 bits per heavy atom. The second-order valence-electron chi connectivity index (χ2n) is 1.79. The normalized spacial score (nSPS) is 15.0. The van der Waals surface area contributed by atoms with E-state index in [2.05, 4.69) is 15.0 Å². The van der Waals surface area contributed by atoms with E-state index in [1.807, 2.05) is 0 Å². The molecule has 1 aliphatic heterocycles. The van der Waals surface area contributed by atoms with Gasteiger partial charge in [-0.1, -0.05) is 0 Å². The Morgan fingerprint density at radius 1 is 1.64 bits per heavy atom. The van der Waals surface area contributed by atoms with E-state index >= 15 is 0 Å². The molecule has 0 fully saturated rings. The Balaban J connectivity index is 2.63. The second kappa shape index (κ2) is 3.05. The van der Waals surface area contributed by atoms with Crippen molar-refractivity contribution in [1.82, 2.24) is 0 Å². The number of ether oxygens (including phenoxy) is 1. The summed E-state index contributed by atoms with van der Waals surface area (Å²) in [6, 6.07) is 0. The lowest BCUT2D eigenvalue weighted by atomic mass is 10.4. The summed E-state index contributed by atoms with van der Waals surface area (Å²) in [6.07, 6.45) is 1.04. The van der Waals surface area contributed by atoms with Gasteiger partial charge in [0, 0.05) is 6.08 Å². The average molecular weight is 154 g/mol. The fourth-order valence-corrected chi connectivity index (χ4v) is 0.583. The lowest BCUT2D eigenvalue weighted by Crippen LogP contribution is -2.04. The number of esters is 1. The summed E-state index contributed by atoms with van der Waals surface area (Å²) in [7, 11) is 0. The van der Waals surface area contributed by atoms with Crippen LogP contribution in [0.4, 0.5) is 0 Å². The van der Waals surface area contributed by atoms with Crippen molar-refractivity contribution >= 4 is 11.9 Å². The molecule has 58 valence electrons. The quantitative estimate of drug-likeness (QED) is 0.541. The third-order valence-electron chi connectivity index (χ3n) is 1.00. The predicted molar refractivity (Wildman–Crippen MR) is 34.6 cm³/mol. The van der Waals surface area contributed by atoms with Gasteiger partial charge < -0.3 is 4.74 Å². The van der Waals surface area contributed by atoms with Gasteiger partial charge in [0.1, 0.15) is 0 Å². The van der Waals surface area contributed by atoms with Gasteiger partial charge in [0.15, 0.2) is 5.70 Å². The standard InChI is InChI=1S/C6H6N2O3/c1-2-11-6(10)4-3-5(9)8-7-4/h3H,2H2,1H3. The molecule has 1 rings (SSSR count). The summed E-state index contributed by atoms with van der Waals surface area (Å²) in [4.78, 5) is 21.2. The maximum atomic E-state index is 10.8. The molecule has 0 aromatic rings. The highest BCUT2D eigenvalue weighted by atomic mass is 16.5. The summed E-state index contributed by atoms with van der Waals surface area (Å²) in [5.74, 6) is -1.13. The van der Waals surface area contributed by atoms with E-state index in [0.717, 1.165) is 6.08 Å². The van der Waals surface area contributed by atoms with E-state index in [0.29, 0.717) is 0 Å². The first-order valence-electron chi connectivity index (χ1n) is 3.08. The van der Waals surface area contributed by atoms with Gasteiger partial charge in [-0.3, -0.25) is 4.79 Å². The van der Waals surface area contributed by atoms with Crippen molar-refractivity contribution in [2.45, 2.75) is 6.92 Å². The molecular weight excluding hydrogens is 148 g/mol. The molecule has 0 aliphatic carbocycles. The zero-order valence-electron chi connectivity index (χ0n) is 5.90. The Morgan fingerprint density at radius 3 is 2.82 bits per heavy atom. The Kier molecular flexibility index (Phi) is 2.10. The molecule has 1 heterocycles. The van der Waals surface area contributed by atoms with Crippen LogP contribution in [-0.2, 0) is 14.3 Å². The zero-order valence-corrected chi connectivity index (χ0v) is 5.90. The molecule has 1 aliphatic rings. The van der Waals surface area contributed by atoms with Crippen LogP contribution in [0, 0.1) is 0 Å². The number of amides is 1. The minimum atomic E-state index is -0.609. The summed E-state index contributed by atoms with van der Waals surface area (Å²) in [6.45, 7) is 1.94. The number of carbonyl (C=O) groups is 2. The van der Waals surface area contributed by atoms with Gasteiger partial charge in [-0.05, 0) is 6.92 Å². The minimum Gasteiger partial charge on any atom is -0.461 e. The zero-order chi connectivity index (χ0) is 8.27. The highest BCUT2D eigenvalue weighted by molar-refractivity contribution is 6.00. The van der Waals surface area contributed by atoms with Crippen molar-refractivity contribution in [3.05, 3.63) is 11.8 Å². The van der Waals surface area contributed by atoms with Gasteiger partial charge in [-0.15, -0.1) is 10.2 Å². The van der Waals surface area contributed by atoms with Crippen LogP contribution in [-0.4, -0.2) is 18.5 Å². The van der Waals surface area contributed by atoms with Gasteiger partial charge in [0.05, 0.1) is 6.61 Å². The van der Waals surface area contributed by atoms with Crippen LogP contribution in [0.5, 0.6) is 0 Å². The summed E-state index contributed by atoms with van der Waals surface area (Å²) in [5, 5.41) is 6.41. The van der Waals surface area contributed by atoms with E-state index in [4.69, 9.17) is 0 Å². The largest absolute Gasteiger partial charge is 0.461 e. The molecule has 0 saturated carbocycles. The smallest absolute Gasteiger partial charge is 0.359 e. The van der Waals surface area contributed by atoms with Gasteiger partial charge >= 0.3 is 5.97 Å². The fraction of sp³-hybridized carbons (Fsp3) is 0.333. The molecule has 11 heavy (non-hydrogen) atoms. The number of rotatable bonds is 2. The van der Waals surface area contributed by atoms with Crippen molar-refractivity contribution in [3.8, 4) is 0 Å². The molecule has 0 aromatic carbocycles. The van der Waals surface area contributed by atoms with E-state index in [9.17, 15) is 9.59 Å². The molecule has 5 nitrogen and oxygen atoms in total. The molecule has 0 bridgehead atoms. The molecule has 0 saturated heterocycles. The van der Waals surface area contributed by atoms with E-state index < -0.39 is 11.9 Å². The maximum absolute atomic E-state index is 10.8. The molecule has 1 amide bonds. The summed E-state index contributed by atoms with van der Waals surface area (Å²) >= 11 is 0. The van der Waals surface area contributed by atoms with Crippen molar-refractivity contribution in [2.24, 2.45) is 10.2 Å². The molecule has 0 atom stereocenters. The van der Waals surface area contributed by atoms with Crippen LogP contribution in [0.1, 0.15) is 6.92 Å². The molecule has 0 spiro atoms. The Bertz CT molecular complexity index is 255. The van der Waals surface area contributed by atoms with Crippen molar-refractivity contribution in [2.75, 3.05) is 6.61 Å². The topological polar surface area (TPSA) is 68.1 Å². The molecule has 0 unspecified atom stereocenters. The van der Waals surface area contributed by atoms with Gasteiger partial charge in [-0.2, -0.15) is 0 Å². The number of nitrogens with zero attached hydrogens (tertiary/aromatic N) is 2. The average Bonchev–Trinajstić information content (AvgIpc) is 2.36. The second-order valence-corrected chi connectivity index (χ2v) is 1.79. The van der Waals surface area contributed by atoms with Gasteiger partial charge in [0.25, 0.3) is 5.91 Å². The molecule has 5 heteroatoms. The highest BCUT2D eigenvalue weighted by Crippen LogP contribution is 2.08. The summed E-state index contributed by atoms with van der Waals surface area (Å²) < 4.78 is 4.56. The predicted octanol–water partition coefficient (Wildman–Crippen LogP) is 0.426. The third kappa shape index (κ3) is 1.70. The van der Waals surface area contributed by atoms with Crippen LogP contribution in [0.3, 0.4) is 0 Å². The van der Waals surface area contributed by atoms with Gasteiger partial charge in [-0.25, -0.2) is 4.79 Å². The number of carbonyl (C=O) groups excluding carboxylic acids is 2. The van der Waals surface area contributed by atoms with Crippen LogP contribution >= 0.6 is 0 Å². The highest BCUT2D eigenvalue weighted by Gasteiger charge is 2.16. The van der Waals surface area contributed by atoms with Gasteiger partial charge in [0.2, 0.25) is 0 Å². The fourth-order valence-electron chi connectivity index (χ4n) is 0.583. The lowest BCUT2D eigenvalue weighted by molar-refractivity contribution is -0.138. The SMILES string of the molecule is CCOC(=O)C1=CC(=O)N=N1. The minimum absolute atomic E-state index is 0.0307. The van der Waals surface area contributed by atoms with Crippen LogP contribution in [0.15, 0.2) is 22.0 Å². The molecular formula is C6H6N2O3. The van der Waals surface area contributed by atoms with E-state index in [1.54, 1.807) is 6.92 Å². The number of hydrogen-bond acceptors (Lipinski definition) is 4. The first kappa shape index (κ1) is 7.59. The Hall–Kier alpha value is -1.52. The van der Waals surface area contributed by atoms with Crippen molar-refractivity contribution in [3.63, 3.8) is 0 Å². The first-order chi connectivity index (χ1) is 5.24. The van der Waals surface area contributed by atoms with Crippen molar-refractivity contribution < 1.29 is 14.3 Å². The first-order valence-corrected chi connectivity index (χ1v) is 3.08. The van der Waals surface area contributed by atoms with E-state index in [1.165, 1.54) is 0 Å². The third-order valence-corrected chi connectivity index (χ3v) is 1.00. The van der Waals surface area contributed by atoms with Crippen LogP contribution < -0.4 is 0 Å².